The first-order chi connectivity index (χ1) is 8.70. The van der Waals surface area contributed by atoms with E-state index in [9.17, 15) is 10.0 Å². The Kier molecular flexibility index (Phi) is 3.88. The highest BCUT2D eigenvalue weighted by atomic mass is 32.2. The van der Waals surface area contributed by atoms with Gasteiger partial charge >= 0.3 is 5.97 Å². The molecule has 2 heterocycles. The molecule has 0 aliphatic carbocycles. The summed E-state index contributed by atoms with van der Waals surface area (Å²) in [6.45, 7) is 0. The molecule has 0 N–H and O–H groups in total. The fourth-order valence-corrected chi connectivity index (χ4v) is 2.14. The lowest BCUT2D eigenvalue weighted by molar-refractivity contribution is -0.645. The van der Waals surface area contributed by atoms with Gasteiger partial charge in [-0.1, -0.05) is 0 Å². The molecule has 0 amide bonds. The minimum atomic E-state index is -0.509. The van der Waals surface area contributed by atoms with Gasteiger partial charge < -0.3 is 14.4 Å². The summed E-state index contributed by atoms with van der Waals surface area (Å²) in [5.41, 5.74) is 0. The average molecular weight is 265 g/mol. The zero-order valence-electron chi connectivity index (χ0n) is 9.66. The van der Waals surface area contributed by atoms with E-state index in [1.807, 2.05) is 0 Å². The lowest BCUT2D eigenvalue weighted by Crippen LogP contribution is -2.27. The largest absolute Gasteiger partial charge is 0.618 e. The van der Waals surface area contributed by atoms with Gasteiger partial charge in [0.05, 0.1) is 12.9 Å². The van der Waals surface area contributed by atoms with Crippen LogP contribution in [0.4, 0.5) is 0 Å². The normalized spacial score (nSPS) is 10.3. The molecular formula is C12H11NO4S. The Hall–Kier alpha value is -1.95. The number of carbonyl (C=O) groups is 1. The number of furan rings is 1. The second kappa shape index (κ2) is 5.59. The van der Waals surface area contributed by atoms with Crippen molar-refractivity contribution >= 4 is 17.7 Å². The zero-order valence-corrected chi connectivity index (χ0v) is 10.5. The van der Waals surface area contributed by atoms with Crippen molar-refractivity contribution in [1.82, 2.24) is 0 Å². The molecule has 0 aromatic carbocycles. The third kappa shape index (κ3) is 2.84. The van der Waals surface area contributed by atoms with Gasteiger partial charge in [0.15, 0.2) is 6.20 Å². The number of ether oxygens (including phenoxy) is 1. The third-order valence-corrected chi connectivity index (χ3v) is 3.24. The minimum absolute atomic E-state index is 0.163. The van der Waals surface area contributed by atoms with Crippen LogP contribution in [0.2, 0.25) is 0 Å². The summed E-state index contributed by atoms with van der Waals surface area (Å²) < 4.78 is 10.6. The van der Waals surface area contributed by atoms with Crippen molar-refractivity contribution in [2.75, 3.05) is 7.11 Å². The molecular weight excluding hydrogens is 254 g/mol. The van der Waals surface area contributed by atoms with Gasteiger partial charge in [0.25, 0.3) is 5.03 Å². The first-order valence-electron chi connectivity index (χ1n) is 5.18. The van der Waals surface area contributed by atoms with E-state index in [2.05, 4.69) is 4.74 Å². The molecule has 0 spiro atoms. The maximum atomic E-state index is 11.4. The van der Waals surface area contributed by atoms with Crippen LogP contribution in [0.15, 0.2) is 46.0 Å². The maximum Gasteiger partial charge on any atom is 0.373 e. The van der Waals surface area contributed by atoms with E-state index in [0.717, 1.165) is 4.73 Å². The standard InChI is InChI=1S/C12H11NO4S/c1-16-12(14)10-6-5-9(17-10)8-18-11-4-2-3-7-13(11)15/h2-7H,8H2,1H3. The van der Waals surface area contributed by atoms with Crippen LogP contribution in [0.5, 0.6) is 0 Å². The number of thioether (sulfide) groups is 1. The zero-order chi connectivity index (χ0) is 13.0. The van der Waals surface area contributed by atoms with Crippen molar-refractivity contribution in [3.05, 3.63) is 53.3 Å². The van der Waals surface area contributed by atoms with E-state index in [4.69, 9.17) is 4.42 Å². The molecule has 0 saturated heterocycles. The molecule has 2 rings (SSSR count). The quantitative estimate of drug-likeness (QED) is 0.366. The molecule has 0 atom stereocenters. The summed E-state index contributed by atoms with van der Waals surface area (Å²) >= 11 is 1.34. The third-order valence-electron chi connectivity index (χ3n) is 2.20. The van der Waals surface area contributed by atoms with Gasteiger partial charge in [-0.3, -0.25) is 0 Å². The second-order valence-electron chi connectivity index (χ2n) is 3.41. The Morgan fingerprint density at radius 2 is 2.28 bits per heavy atom. The molecule has 0 aliphatic heterocycles. The van der Waals surface area contributed by atoms with E-state index in [-0.39, 0.29) is 5.76 Å². The highest BCUT2D eigenvalue weighted by molar-refractivity contribution is 7.98. The number of nitrogens with zero attached hydrogens (tertiary/aromatic N) is 1. The lowest BCUT2D eigenvalue weighted by atomic mass is 10.4. The van der Waals surface area contributed by atoms with Gasteiger partial charge in [-0.25, -0.2) is 4.79 Å². The highest BCUT2D eigenvalue weighted by Crippen LogP contribution is 2.21. The van der Waals surface area contributed by atoms with Crippen molar-refractivity contribution in [1.29, 1.82) is 0 Å². The molecule has 94 valence electrons. The molecule has 0 bridgehead atoms. The van der Waals surface area contributed by atoms with Gasteiger partial charge in [-0.15, -0.1) is 0 Å². The number of pyridine rings is 1. The molecule has 0 aliphatic rings. The van der Waals surface area contributed by atoms with E-state index in [1.165, 1.54) is 25.1 Å². The number of methoxy groups -OCH3 is 1. The monoisotopic (exact) mass is 265 g/mol. The fourth-order valence-electron chi connectivity index (χ4n) is 1.34. The summed E-state index contributed by atoms with van der Waals surface area (Å²) in [5.74, 6) is 0.744. The Morgan fingerprint density at radius 1 is 1.44 bits per heavy atom. The van der Waals surface area contributed by atoms with E-state index < -0.39 is 5.97 Å². The Labute approximate surface area is 108 Å². The van der Waals surface area contributed by atoms with Crippen LogP contribution in [0, 0.1) is 5.21 Å². The van der Waals surface area contributed by atoms with Crippen molar-refractivity contribution in [2.24, 2.45) is 0 Å². The smallest absolute Gasteiger partial charge is 0.373 e. The molecule has 0 radical (unpaired) electrons. The van der Waals surface area contributed by atoms with Crippen molar-refractivity contribution in [3.8, 4) is 0 Å². The maximum absolute atomic E-state index is 11.4. The molecule has 6 heteroatoms. The lowest BCUT2D eigenvalue weighted by Gasteiger charge is -2.01. The number of esters is 1. The van der Waals surface area contributed by atoms with E-state index in [0.29, 0.717) is 16.5 Å². The van der Waals surface area contributed by atoms with Crippen LogP contribution in [-0.4, -0.2) is 13.1 Å². The van der Waals surface area contributed by atoms with Crippen molar-refractivity contribution in [2.45, 2.75) is 10.8 Å². The molecule has 0 saturated carbocycles. The molecule has 2 aromatic heterocycles. The van der Waals surface area contributed by atoms with Crippen LogP contribution in [0.3, 0.4) is 0 Å². The van der Waals surface area contributed by atoms with Crippen LogP contribution < -0.4 is 4.73 Å². The van der Waals surface area contributed by atoms with Crippen LogP contribution in [-0.2, 0) is 10.5 Å². The van der Waals surface area contributed by atoms with Crippen LogP contribution in [0.25, 0.3) is 0 Å². The van der Waals surface area contributed by atoms with Gasteiger partial charge in [-0.2, -0.15) is 4.73 Å². The fraction of sp³-hybridized carbons (Fsp3) is 0.167. The number of hydrogen-bond donors (Lipinski definition) is 0. The van der Waals surface area contributed by atoms with E-state index >= 15 is 0 Å². The predicted molar refractivity (Wildman–Crippen MR) is 65.0 cm³/mol. The molecule has 5 nitrogen and oxygen atoms in total. The summed E-state index contributed by atoms with van der Waals surface area (Å²) in [6.07, 6.45) is 1.43. The molecule has 2 aromatic rings. The number of rotatable bonds is 4. The number of hydrogen-bond acceptors (Lipinski definition) is 5. The molecule has 0 fully saturated rings. The summed E-state index contributed by atoms with van der Waals surface area (Å²) in [6, 6.07) is 8.43. The summed E-state index contributed by atoms with van der Waals surface area (Å²) in [5, 5.41) is 12.0. The Bertz CT molecular complexity index is 553. The first-order valence-corrected chi connectivity index (χ1v) is 6.17. The minimum Gasteiger partial charge on any atom is -0.618 e. The number of aromatic nitrogens is 1. The Morgan fingerprint density at radius 3 is 3.00 bits per heavy atom. The summed E-state index contributed by atoms with van der Waals surface area (Å²) in [4.78, 5) is 11.2. The van der Waals surface area contributed by atoms with Gasteiger partial charge in [0.1, 0.15) is 5.76 Å². The number of carbonyl (C=O) groups excluding carboxylic acids is 1. The van der Waals surface area contributed by atoms with Gasteiger partial charge in [0, 0.05) is 12.1 Å². The van der Waals surface area contributed by atoms with Crippen LogP contribution >= 0.6 is 11.8 Å². The van der Waals surface area contributed by atoms with E-state index in [1.54, 1.807) is 30.3 Å². The SMILES string of the molecule is COC(=O)c1ccc(CSc2cccc[n+]2[O-])o1. The second-order valence-corrected chi connectivity index (χ2v) is 4.41. The Balaban J connectivity index is 2.01. The average Bonchev–Trinajstić information content (AvgIpc) is 2.86. The first kappa shape index (κ1) is 12.5. The highest BCUT2D eigenvalue weighted by Gasteiger charge is 2.12. The predicted octanol–water partition coefficient (Wildman–Crippen LogP) is 1.99. The van der Waals surface area contributed by atoms with Crippen molar-refractivity contribution in [3.63, 3.8) is 0 Å². The molecule has 0 unspecified atom stereocenters. The summed E-state index contributed by atoms with van der Waals surface area (Å²) in [7, 11) is 1.30. The van der Waals surface area contributed by atoms with Gasteiger partial charge in [-0.05, 0) is 30.0 Å². The topological polar surface area (TPSA) is 66.4 Å². The van der Waals surface area contributed by atoms with Gasteiger partial charge in [0.2, 0.25) is 5.76 Å². The van der Waals surface area contributed by atoms with Crippen LogP contribution in [0.1, 0.15) is 16.3 Å². The molecule has 18 heavy (non-hydrogen) atoms. The van der Waals surface area contributed by atoms with Crippen molar-refractivity contribution < 1.29 is 18.7 Å².